The zero-order valence-corrected chi connectivity index (χ0v) is 14.4. The Morgan fingerprint density at radius 2 is 1.71 bits per heavy atom. The number of pyridine rings is 1. The SMILES string of the molecule is Cc1ccc(CN2CCN(Cc3ccncc3)C[C@@H]2CCO)cc1. The van der Waals surface area contributed by atoms with Gasteiger partial charge in [-0.15, -0.1) is 0 Å². The maximum absolute atomic E-state index is 9.46. The van der Waals surface area contributed by atoms with Crippen molar-refractivity contribution in [1.29, 1.82) is 0 Å². The number of hydrogen-bond donors (Lipinski definition) is 1. The quantitative estimate of drug-likeness (QED) is 0.886. The monoisotopic (exact) mass is 325 g/mol. The van der Waals surface area contributed by atoms with E-state index in [2.05, 4.69) is 58.1 Å². The summed E-state index contributed by atoms with van der Waals surface area (Å²) in [4.78, 5) is 9.09. The summed E-state index contributed by atoms with van der Waals surface area (Å²) in [5, 5.41) is 9.46. The Morgan fingerprint density at radius 1 is 1.00 bits per heavy atom. The highest BCUT2D eigenvalue weighted by Gasteiger charge is 2.26. The summed E-state index contributed by atoms with van der Waals surface area (Å²) in [6.45, 7) is 7.42. The smallest absolute Gasteiger partial charge is 0.0446 e. The maximum Gasteiger partial charge on any atom is 0.0446 e. The van der Waals surface area contributed by atoms with E-state index in [9.17, 15) is 5.11 Å². The summed E-state index contributed by atoms with van der Waals surface area (Å²) < 4.78 is 0. The van der Waals surface area contributed by atoms with Crippen molar-refractivity contribution in [3.63, 3.8) is 0 Å². The normalized spacial score (nSPS) is 19.5. The van der Waals surface area contributed by atoms with Crippen molar-refractivity contribution >= 4 is 0 Å². The van der Waals surface area contributed by atoms with Crippen molar-refractivity contribution in [2.75, 3.05) is 26.2 Å². The molecule has 1 atom stereocenters. The number of rotatable bonds is 6. The first-order valence-electron chi connectivity index (χ1n) is 8.76. The molecule has 0 unspecified atom stereocenters. The van der Waals surface area contributed by atoms with Crippen molar-refractivity contribution in [2.45, 2.75) is 32.5 Å². The maximum atomic E-state index is 9.46. The number of benzene rings is 1. The number of piperazine rings is 1. The second-order valence-electron chi connectivity index (χ2n) is 6.71. The Kier molecular flexibility index (Phi) is 5.96. The van der Waals surface area contributed by atoms with Gasteiger partial charge in [0.15, 0.2) is 0 Å². The van der Waals surface area contributed by atoms with Crippen molar-refractivity contribution < 1.29 is 5.11 Å². The molecule has 24 heavy (non-hydrogen) atoms. The van der Waals surface area contributed by atoms with Gasteiger partial charge >= 0.3 is 0 Å². The molecule has 2 heterocycles. The van der Waals surface area contributed by atoms with Crippen molar-refractivity contribution in [1.82, 2.24) is 14.8 Å². The molecule has 1 aliphatic heterocycles. The van der Waals surface area contributed by atoms with Gasteiger partial charge in [0.05, 0.1) is 0 Å². The van der Waals surface area contributed by atoms with E-state index < -0.39 is 0 Å². The van der Waals surface area contributed by atoms with Crippen LogP contribution in [-0.4, -0.2) is 52.2 Å². The number of hydrogen-bond acceptors (Lipinski definition) is 4. The molecule has 0 spiro atoms. The molecule has 128 valence electrons. The van der Waals surface area contributed by atoms with Gasteiger partial charge in [0.1, 0.15) is 0 Å². The van der Waals surface area contributed by atoms with Crippen molar-refractivity contribution in [2.24, 2.45) is 0 Å². The first-order chi connectivity index (χ1) is 11.7. The van der Waals surface area contributed by atoms with Crippen molar-refractivity contribution in [3.8, 4) is 0 Å². The van der Waals surface area contributed by atoms with E-state index in [0.717, 1.165) is 39.1 Å². The van der Waals surface area contributed by atoms with Gasteiger partial charge in [-0.25, -0.2) is 0 Å². The van der Waals surface area contributed by atoms with Gasteiger partial charge in [0.2, 0.25) is 0 Å². The number of aryl methyl sites for hydroxylation is 1. The highest BCUT2D eigenvalue weighted by Crippen LogP contribution is 2.18. The first-order valence-corrected chi connectivity index (χ1v) is 8.76. The molecule has 4 nitrogen and oxygen atoms in total. The van der Waals surface area contributed by atoms with Crippen LogP contribution in [0.2, 0.25) is 0 Å². The van der Waals surface area contributed by atoms with E-state index in [1.54, 1.807) is 0 Å². The lowest BCUT2D eigenvalue weighted by Gasteiger charge is -2.41. The zero-order chi connectivity index (χ0) is 16.8. The first kappa shape index (κ1) is 17.1. The van der Waals surface area contributed by atoms with Crippen LogP contribution in [0.25, 0.3) is 0 Å². The van der Waals surface area contributed by atoms with Gasteiger partial charge in [-0.3, -0.25) is 14.8 Å². The fourth-order valence-electron chi connectivity index (χ4n) is 3.41. The minimum Gasteiger partial charge on any atom is -0.396 e. The molecule has 0 bridgehead atoms. The molecule has 1 fully saturated rings. The molecule has 1 N–H and O–H groups in total. The summed E-state index contributed by atoms with van der Waals surface area (Å²) in [7, 11) is 0. The highest BCUT2D eigenvalue weighted by atomic mass is 16.3. The second-order valence-corrected chi connectivity index (χ2v) is 6.71. The Balaban J connectivity index is 1.61. The van der Waals surface area contributed by atoms with Crippen LogP contribution < -0.4 is 0 Å². The Morgan fingerprint density at radius 3 is 2.42 bits per heavy atom. The van der Waals surface area contributed by atoms with Gasteiger partial charge in [-0.1, -0.05) is 29.8 Å². The molecular formula is C20H27N3O. The second kappa shape index (κ2) is 8.38. The highest BCUT2D eigenvalue weighted by molar-refractivity contribution is 5.21. The van der Waals surface area contributed by atoms with Gasteiger partial charge < -0.3 is 5.11 Å². The van der Waals surface area contributed by atoms with Gasteiger partial charge in [0, 0.05) is 57.8 Å². The number of aromatic nitrogens is 1. The van der Waals surface area contributed by atoms with Crippen LogP contribution in [0, 0.1) is 6.92 Å². The van der Waals surface area contributed by atoms with E-state index in [1.165, 1.54) is 16.7 Å². The molecule has 1 aliphatic rings. The van der Waals surface area contributed by atoms with Crippen LogP contribution in [0.4, 0.5) is 0 Å². The molecule has 0 amide bonds. The average Bonchev–Trinajstić information content (AvgIpc) is 2.60. The molecule has 1 aromatic carbocycles. The molecule has 1 saturated heterocycles. The van der Waals surface area contributed by atoms with Crippen molar-refractivity contribution in [3.05, 3.63) is 65.5 Å². The van der Waals surface area contributed by atoms with Crippen LogP contribution in [0.15, 0.2) is 48.8 Å². The summed E-state index contributed by atoms with van der Waals surface area (Å²) in [5.74, 6) is 0. The van der Waals surface area contributed by atoms with E-state index in [0.29, 0.717) is 6.04 Å². The lowest BCUT2D eigenvalue weighted by Crippen LogP contribution is -2.52. The number of aliphatic hydroxyl groups excluding tert-OH is 1. The molecule has 3 rings (SSSR count). The van der Waals surface area contributed by atoms with Gasteiger partial charge in [-0.2, -0.15) is 0 Å². The molecule has 0 radical (unpaired) electrons. The largest absolute Gasteiger partial charge is 0.396 e. The van der Waals surface area contributed by atoms with Crippen LogP contribution in [0.5, 0.6) is 0 Å². The molecular weight excluding hydrogens is 298 g/mol. The fraction of sp³-hybridized carbons (Fsp3) is 0.450. The minimum atomic E-state index is 0.248. The van der Waals surface area contributed by atoms with Crippen LogP contribution in [-0.2, 0) is 13.1 Å². The summed E-state index contributed by atoms with van der Waals surface area (Å²) in [5.41, 5.74) is 3.96. The lowest BCUT2D eigenvalue weighted by molar-refractivity contribution is 0.0500. The number of aliphatic hydroxyl groups is 1. The lowest BCUT2D eigenvalue weighted by atomic mass is 10.1. The van der Waals surface area contributed by atoms with Crippen LogP contribution >= 0.6 is 0 Å². The third kappa shape index (κ3) is 4.63. The summed E-state index contributed by atoms with van der Waals surface area (Å²) in [6, 6.07) is 13.4. The average molecular weight is 325 g/mol. The predicted octanol–water partition coefficient (Wildman–Crippen LogP) is 2.46. The Bertz CT molecular complexity index is 615. The molecule has 2 aromatic rings. The minimum absolute atomic E-state index is 0.248. The molecule has 1 aromatic heterocycles. The summed E-state index contributed by atoms with van der Waals surface area (Å²) >= 11 is 0. The Labute approximate surface area is 144 Å². The van der Waals surface area contributed by atoms with E-state index >= 15 is 0 Å². The standard InChI is InChI=1S/C20H27N3O/c1-17-2-4-18(5-3-17)15-23-12-11-22(16-20(23)8-13-24)14-19-6-9-21-10-7-19/h2-7,9-10,20,24H,8,11-16H2,1H3/t20-/m0/s1. The van der Waals surface area contributed by atoms with Crippen LogP contribution in [0.1, 0.15) is 23.1 Å². The molecule has 0 saturated carbocycles. The van der Waals surface area contributed by atoms with E-state index in [1.807, 2.05) is 12.4 Å². The number of nitrogens with zero attached hydrogens (tertiary/aromatic N) is 3. The third-order valence-corrected chi connectivity index (χ3v) is 4.81. The van der Waals surface area contributed by atoms with Gasteiger partial charge in [0.25, 0.3) is 0 Å². The van der Waals surface area contributed by atoms with E-state index in [-0.39, 0.29) is 6.61 Å². The third-order valence-electron chi connectivity index (χ3n) is 4.81. The predicted molar refractivity (Wildman–Crippen MR) is 96.6 cm³/mol. The summed E-state index contributed by atoms with van der Waals surface area (Å²) in [6.07, 6.45) is 4.54. The zero-order valence-electron chi connectivity index (χ0n) is 14.4. The Hall–Kier alpha value is -1.75. The van der Waals surface area contributed by atoms with E-state index in [4.69, 9.17) is 0 Å². The van der Waals surface area contributed by atoms with Gasteiger partial charge in [-0.05, 0) is 36.6 Å². The molecule has 0 aliphatic carbocycles. The van der Waals surface area contributed by atoms with Crippen LogP contribution in [0.3, 0.4) is 0 Å². The topological polar surface area (TPSA) is 39.6 Å². The molecule has 4 heteroatoms. The fourth-order valence-corrected chi connectivity index (χ4v) is 3.41.